The lowest BCUT2D eigenvalue weighted by Gasteiger charge is -2.21. The first-order chi connectivity index (χ1) is 10.0. The smallest absolute Gasteiger partial charge is 0.115 e. The van der Waals surface area contributed by atoms with Gasteiger partial charge in [0.15, 0.2) is 0 Å². The van der Waals surface area contributed by atoms with Gasteiger partial charge >= 0.3 is 0 Å². The first kappa shape index (κ1) is 13.8. The van der Waals surface area contributed by atoms with E-state index in [1.165, 1.54) is 5.52 Å². The summed E-state index contributed by atoms with van der Waals surface area (Å²) in [5.74, 6) is 1.09. The van der Waals surface area contributed by atoms with Crippen molar-refractivity contribution in [3.63, 3.8) is 0 Å². The Morgan fingerprint density at radius 1 is 1.00 bits per heavy atom. The fourth-order valence-electron chi connectivity index (χ4n) is 2.58. The van der Waals surface area contributed by atoms with Gasteiger partial charge in [-0.1, -0.05) is 39.0 Å². The van der Waals surface area contributed by atoms with Gasteiger partial charge in [-0.05, 0) is 29.7 Å². The minimum absolute atomic E-state index is 0.211. The molecule has 3 nitrogen and oxygen atoms in total. The zero-order valence-corrected chi connectivity index (χ0v) is 12.9. The van der Waals surface area contributed by atoms with Gasteiger partial charge in [-0.3, -0.25) is 4.98 Å². The van der Waals surface area contributed by atoms with Gasteiger partial charge in [0.1, 0.15) is 5.82 Å². The predicted molar refractivity (Wildman–Crippen MR) is 86.2 cm³/mol. The van der Waals surface area contributed by atoms with Crippen molar-refractivity contribution in [2.24, 2.45) is 5.41 Å². The molecule has 21 heavy (non-hydrogen) atoms. The lowest BCUT2D eigenvalue weighted by molar-refractivity contribution is 0.343. The van der Waals surface area contributed by atoms with Crippen LogP contribution in [0.3, 0.4) is 0 Å². The highest BCUT2D eigenvalue weighted by Crippen LogP contribution is 2.24. The summed E-state index contributed by atoms with van der Waals surface area (Å²) in [4.78, 5) is 9.24. The predicted octanol–water partition coefficient (Wildman–Crippen LogP) is 4.07. The van der Waals surface area contributed by atoms with E-state index in [4.69, 9.17) is 4.98 Å². The first-order valence-electron chi connectivity index (χ1n) is 7.37. The molecule has 0 saturated heterocycles. The second kappa shape index (κ2) is 5.32. The zero-order chi connectivity index (χ0) is 14.9. The molecule has 2 aromatic heterocycles. The molecule has 0 radical (unpaired) electrons. The Morgan fingerprint density at radius 3 is 2.48 bits per heavy atom. The topological polar surface area (TPSA) is 30.7 Å². The number of fused-ring (bicyclic) bond motifs is 1. The molecule has 0 aliphatic rings. The van der Waals surface area contributed by atoms with E-state index in [-0.39, 0.29) is 5.41 Å². The molecule has 3 aromatic rings. The summed E-state index contributed by atoms with van der Waals surface area (Å²) in [7, 11) is 0. The third-order valence-electron chi connectivity index (χ3n) is 3.43. The van der Waals surface area contributed by atoms with Gasteiger partial charge in [0.25, 0.3) is 0 Å². The van der Waals surface area contributed by atoms with Crippen LogP contribution in [0.1, 0.15) is 32.3 Å². The van der Waals surface area contributed by atoms with Crippen LogP contribution in [0.25, 0.3) is 11.0 Å². The quantitative estimate of drug-likeness (QED) is 0.723. The van der Waals surface area contributed by atoms with E-state index in [0.717, 1.165) is 30.0 Å². The molecule has 108 valence electrons. The highest BCUT2D eigenvalue weighted by molar-refractivity contribution is 5.76. The number of imidazole rings is 1. The van der Waals surface area contributed by atoms with Gasteiger partial charge in [0.05, 0.1) is 11.0 Å². The van der Waals surface area contributed by atoms with E-state index >= 15 is 0 Å². The van der Waals surface area contributed by atoms with Gasteiger partial charge < -0.3 is 4.57 Å². The Labute approximate surface area is 125 Å². The molecular formula is C18H21N3. The normalized spacial score (nSPS) is 12.0. The molecule has 1 aromatic carbocycles. The molecule has 0 saturated carbocycles. The molecule has 0 unspecified atom stereocenters. The lowest BCUT2D eigenvalue weighted by atomic mass is 9.96. The summed E-state index contributed by atoms with van der Waals surface area (Å²) in [6.07, 6.45) is 2.61. The van der Waals surface area contributed by atoms with E-state index in [9.17, 15) is 0 Å². The molecule has 0 N–H and O–H groups in total. The summed E-state index contributed by atoms with van der Waals surface area (Å²) < 4.78 is 2.34. The Kier molecular flexibility index (Phi) is 3.50. The van der Waals surface area contributed by atoms with E-state index in [2.05, 4.69) is 54.6 Å². The molecule has 3 heteroatoms. The fourth-order valence-corrected chi connectivity index (χ4v) is 2.58. The Hall–Kier alpha value is -2.16. The van der Waals surface area contributed by atoms with Crippen molar-refractivity contribution in [3.05, 3.63) is 60.2 Å². The molecule has 2 heterocycles. The maximum absolute atomic E-state index is 4.82. The number of nitrogens with zero attached hydrogens (tertiary/aromatic N) is 3. The van der Waals surface area contributed by atoms with E-state index in [1.54, 1.807) is 0 Å². The Balaban J connectivity index is 2.06. The highest BCUT2D eigenvalue weighted by atomic mass is 15.1. The molecule has 0 aliphatic heterocycles. The minimum Gasteiger partial charge on any atom is -0.327 e. The van der Waals surface area contributed by atoms with E-state index < -0.39 is 0 Å². The van der Waals surface area contributed by atoms with Crippen molar-refractivity contribution in [1.29, 1.82) is 0 Å². The van der Waals surface area contributed by atoms with Crippen LogP contribution in [0.5, 0.6) is 0 Å². The molecule has 0 fully saturated rings. The van der Waals surface area contributed by atoms with Gasteiger partial charge in [-0.25, -0.2) is 4.98 Å². The molecule has 0 atom stereocenters. The van der Waals surface area contributed by atoms with Crippen LogP contribution in [0, 0.1) is 5.41 Å². The number of pyridine rings is 1. The largest absolute Gasteiger partial charge is 0.327 e. The number of para-hydroxylation sites is 2. The second-order valence-electron chi connectivity index (χ2n) is 6.66. The zero-order valence-electron chi connectivity index (χ0n) is 12.9. The summed E-state index contributed by atoms with van der Waals surface area (Å²) >= 11 is 0. The van der Waals surface area contributed by atoms with Gasteiger partial charge in [0, 0.05) is 24.9 Å². The molecule has 0 amide bonds. The van der Waals surface area contributed by atoms with Crippen LogP contribution in [0.2, 0.25) is 0 Å². The van der Waals surface area contributed by atoms with E-state index in [0.29, 0.717) is 0 Å². The lowest BCUT2D eigenvalue weighted by Crippen LogP contribution is -2.17. The van der Waals surface area contributed by atoms with Crippen molar-refractivity contribution >= 4 is 11.0 Å². The van der Waals surface area contributed by atoms with Crippen molar-refractivity contribution in [1.82, 2.24) is 14.5 Å². The average Bonchev–Trinajstić information content (AvgIpc) is 2.76. The molecule has 0 aliphatic carbocycles. The number of hydrogen-bond donors (Lipinski definition) is 0. The van der Waals surface area contributed by atoms with Crippen molar-refractivity contribution in [3.8, 4) is 0 Å². The summed E-state index contributed by atoms with van der Waals surface area (Å²) in [5, 5.41) is 0. The Bertz CT molecular complexity index is 736. The third-order valence-corrected chi connectivity index (χ3v) is 3.43. The fraction of sp³-hybridized carbons (Fsp3) is 0.333. The maximum atomic E-state index is 4.82. The maximum Gasteiger partial charge on any atom is 0.115 e. The average molecular weight is 279 g/mol. The number of rotatable bonds is 3. The summed E-state index contributed by atoms with van der Waals surface area (Å²) in [6, 6.07) is 14.4. The summed E-state index contributed by atoms with van der Waals surface area (Å²) in [6.45, 7) is 7.72. The van der Waals surface area contributed by atoms with Gasteiger partial charge in [-0.15, -0.1) is 0 Å². The molecular weight excluding hydrogens is 258 g/mol. The molecule has 0 spiro atoms. The standard InChI is InChI=1S/C18H21N3/c1-18(2,3)13-21-16-10-5-4-9-15(16)20-17(21)12-14-8-6-7-11-19-14/h4-11H,12-13H2,1-3H3. The molecule has 3 rings (SSSR count). The molecule has 0 bridgehead atoms. The minimum atomic E-state index is 0.211. The van der Waals surface area contributed by atoms with Crippen LogP contribution < -0.4 is 0 Å². The number of benzene rings is 1. The van der Waals surface area contributed by atoms with Crippen LogP contribution in [0.4, 0.5) is 0 Å². The monoisotopic (exact) mass is 279 g/mol. The SMILES string of the molecule is CC(C)(C)Cn1c(Cc2ccccn2)nc2ccccc21. The van der Waals surface area contributed by atoms with Crippen LogP contribution >= 0.6 is 0 Å². The first-order valence-corrected chi connectivity index (χ1v) is 7.37. The Morgan fingerprint density at radius 2 is 1.76 bits per heavy atom. The van der Waals surface area contributed by atoms with Crippen LogP contribution in [-0.4, -0.2) is 14.5 Å². The van der Waals surface area contributed by atoms with E-state index in [1.807, 2.05) is 24.4 Å². The van der Waals surface area contributed by atoms with Crippen LogP contribution in [0.15, 0.2) is 48.7 Å². The highest BCUT2D eigenvalue weighted by Gasteiger charge is 2.17. The van der Waals surface area contributed by atoms with Crippen LogP contribution in [-0.2, 0) is 13.0 Å². The van der Waals surface area contributed by atoms with Crippen molar-refractivity contribution in [2.75, 3.05) is 0 Å². The van der Waals surface area contributed by atoms with Gasteiger partial charge in [-0.2, -0.15) is 0 Å². The van der Waals surface area contributed by atoms with Gasteiger partial charge in [0.2, 0.25) is 0 Å². The van der Waals surface area contributed by atoms with Crippen molar-refractivity contribution < 1.29 is 0 Å². The number of hydrogen-bond acceptors (Lipinski definition) is 2. The second-order valence-corrected chi connectivity index (χ2v) is 6.66. The van der Waals surface area contributed by atoms with Crippen molar-refractivity contribution in [2.45, 2.75) is 33.7 Å². The summed E-state index contributed by atoms with van der Waals surface area (Å²) in [5.41, 5.74) is 3.54. The third kappa shape index (κ3) is 3.13. The number of aromatic nitrogens is 3.